The summed E-state index contributed by atoms with van der Waals surface area (Å²) in [5.74, 6) is 2.72. The highest BCUT2D eigenvalue weighted by atomic mass is 16.5. The zero-order valence-corrected chi connectivity index (χ0v) is 14.7. The normalized spacial score (nSPS) is 11.7. The minimum Gasteiger partial charge on any atom is -0.497 e. The Kier molecular flexibility index (Phi) is 6.32. The van der Waals surface area contributed by atoms with Gasteiger partial charge in [-0.2, -0.15) is 0 Å². The Morgan fingerprint density at radius 2 is 1.54 bits per heavy atom. The van der Waals surface area contributed by atoms with Crippen LogP contribution in [0.4, 0.5) is 0 Å². The second kappa shape index (κ2) is 8.45. The van der Waals surface area contributed by atoms with Crippen molar-refractivity contribution in [2.75, 3.05) is 28.4 Å². The van der Waals surface area contributed by atoms with E-state index in [1.54, 1.807) is 28.4 Å². The maximum Gasteiger partial charge on any atom is 0.203 e. The molecule has 0 radical (unpaired) electrons. The minimum absolute atomic E-state index is 0.0702. The third-order valence-corrected chi connectivity index (χ3v) is 3.99. The van der Waals surface area contributed by atoms with Gasteiger partial charge in [-0.1, -0.05) is 12.1 Å². The number of aryl methyl sites for hydroxylation is 1. The average molecular weight is 331 g/mol. The fraction of sp³-hybridized carbons (Fsp3) is 0.368. The number of hydrogen-bond acceptors (Lipinski definition) is 5. The summed E-state index contributed by atoms with van der Waals surface area (Å²) < 4.78 is 21.4. The van der Waals surface area contributed by atoms with E-state index in [-0.39, 0.29) is 6.04 Å². The predicted octanol–water partition coefficient (Wildman–Crippen LogP) is 3.35. The van der Waals surface area contributed by atoms with Gasteiger partial charge in [0, 0.05) is 6.04 Å². The lowest BCUT2D eigenvalue weighted by Crippen LogP contribution is -2.11. The maximum absolute atomic E-state index is 6.32. The van der Waals surface area contributed by atoms with E-state index < -0.39 is 0 Å². The van der Waals surface area contributed by atoms with Crippen LogP contribution in [-0.2, 0) is 6.42 Å². The van der Waals surface area contributed by atoms with E-state index in [0.29, 0.717) is 17.2 Å². The van der Waals surface area contributed by atoms with Crippen molar-refractivity contribution in [2.45, 2.75) is 18.9 Å². The zero-order valence-electron chi connectivity index (χ0n) is 14.7. The van der Waals surface area contributed by atoms with Crippen LogP contribution in [0.25, 0.3) is 0 Å². The molecule has 2 rings (SSSR count). The Labute approximate surface area is 143 Å². The fourth-order valence-corrected chi connectivity index (χ4v) is 2.64. The molecule has 0 aliphatic heterocycles. The molecule has 0 saturated heterocycles. The molecule has 2 aromatic carbocycles. The van der Waals surface area contributed by atoms with Crippen molar-refractivity contribution >= 4 is 0 Å². The molecule has 0 heterocycles. The second-order valence-electron chi connectivity index (χ2n) is 5.46. The van der Waals surface area contributed by atoms with Crippen LogP contribution in [0, 0.1) is 0 Å². The SMILES string of the molecule is COc1cccc([C@@H](N)CCc2cc(OC)c(OC)c(OC)c2)c1. The number of methoxy groups -OCH3 is 4. The largest absolute Gasteiger partial charge is 0.497 e. The first-order valence-electron chi connectivity index (χ1n) is 7.81. The van der Waals surface area contributed by atoms with Gasteiger partial charge in [0.15, 0.2) is 11.5 Å². The number of benzene rings is 2. The van der Waals surface area contributed by atoms with Gasteiger partial charge in [-0.05, 0) is 48.2 Å². The summed E-state index contributed by atoms with van der Waals surface area (Å²) in [6.45, 7) is 0. The molecule has 0 aromatic heterocycles. The van der Waals surface area contributed by atoms with E-state index >= 15 is 0 Å². The topological polar surface area (TPSA) is 62.9 Å². The van der Waals surface area contributed by atoms with E-state index in [1.165, 1.54) is 0 Å². The van der Waals surface area contributed by atoms with Gasteiger partial charge >= 0.3 is 0 Å². The molecule has 2 aromatic rings. The molecule has 1 atom stereocenters. The molecule has 0 spiro atoms. The van der Waals surface area contributed by atoms with Crippen molar-refractivity contribution in [2.24, 2.45) is 5.73 Å². The highest BCUT2D eigenvalue weighted by molar-refractivity contribution is 5.53. The van der Waals surface area contributed by atoms with Crippen LogP contribution in [-0.4, -0.2) is 28.4 Å². The molecule has 2 N–H and O–H groups in total. The molecule has 5 heteroatoms. The molecule has 0 bridgehead atoms. The first kappa shape index (κ1) is 17.9. The average Bonchev–Trinajstić information content (AvgIpc) is 2.64. The summed E-state index contributed by atoms with van der Waals surface area (Å²) in [7, 11) is 6.48. The minimum atomic E-state index is -0.0702. The quantitative estimate of drug-likeness (QED) is 0.803. The van der Waals surface area contributed by atoms with Crippen LogP contribution in [0.5, 0.6) is 23.0 Å². The molecule has 24 heavy (non-hydrogen) atoms. The van der Waals surface area contributed by atoms with E-state index in [1.807, 2.05) is 36.4 Å². The predicted molar refractivity (Wildman–Crippen MR) is 94.3 cm³/mol. The summed E-state index contributed by atoms with van der Waals surface area (Å²) in [6.07, 6.45) is 1.60. The fourth-order valence-electron chi connectivity index (χ4n) is 2.64. The van der Waals surface area contributed by atoms with Gasteiger partial charge < -0.3 is 24.7 Å². The smallest absolute Gasteiger partial charge is 0.203 e. The van der Waals surface area contributed by atoms with Gasteiger partial charge in [-0.3, -0.25) is 0 Å². The van der Waals surface area contributed by atoms with E-state index in [2.05, 4.69) is 0 Å². The van der Waals surface area contributed by atoms with Gasteiger partial charge in [0.1, 0.15) is 5.75 Å². The Bertz CT molecular complexity index is 647. The van der Waals surface area contributed by atoms with Gasteiger partial charge in [0.05, 0.1) is 28.4 Å². The first-order chi connectivity index (χ1) is 11.6. The molecule has 0 aliphatic rings. The Morgan fingerprint density at radius 1 is 0.875 bits per heavy atom. The first-order valence-corrected chi connectivity index (χ1v) is 7.81. The lowest BCUT2D eigenvalue weighted by molar-refractivity contribution is 0.323. The van der Waals surface area contributed by atoms with Gasteiger partial charge in [0.25, 0.3) is 0 Å². The van der Waals surface area contributed by atoms with Crippen LogP contribution in [0.1, 0.15) is 23.6 Å². The number of ether oxygens (including phenoxy) is 4. The van der Waals surface area contributed by atoms with Crippen LogP contribution in [0.2, 0.25) is 0 Å². The van der Waals surface area contributed by atoms with Crippen molar-refractivity contribution in [1.82, 2.24) is 0 Å². The molecule has 0 unspecified atom stereocenters. The second-order valence-corrected chi connectivity index (χ2v) is 5.46. The van der Waals surface area contributed by atoms with Crippen molar-refractivity contribution in [3.8, 4) is 23.0 Å². The van der Waals surface area contributed by atoms with Crippen molar-refractivity contribution in [3.63, 3.8) is 0 Å². The molecular weight excluding hydrogens is 306 g/mol. The van der Waals surface area contributed by atoms with Crippen molar-refractivity contribution in [3.05, 3.63) is 47.5 Å². The lowest BCUT2D eigenvalue weighted by Gasteiger charge is -2.16. The zero-order chi connectivity index (χ0) is 17.5. The Hall–Kier alpha value is -2.40. The van der Waals surface area contributed by atoms with Gasteiger partial charge in [-0.15, -0.1) is 0 Å². The van der Waals surface area contributed by atoms with E-state index in [4.69, 9.17) is 24.7 Å². The van der Waals surface area contributed by atoms with Crippen LogP contribution >= 0.6 is 0 Å². The highest BCUT2D eigenvalue weighted by Crippen LogP contribution is 2.38. The van der Waals surface area contributed by atoms with Gasteiger partial charge in [0.2, 0.25) is 5.75 Å². The Balaban J connectivity index is 2.13. The number of nitrogens with two attached hydrogens (primary N) is 1. The lowest BCUT2D eigenvalue weighted by atomic mass is 9.99. The standard InChI is InChI=1S/C19H25NO4/c1-21-15-7-5-6-14(12-15)16(20)9-8-13-10-17(22-2)19(24-4)18(11-13)23-3/h5-7,10-12,16H,8-9,20H2,1-4H3/t16-/m0/s1. The molecule has 5 nitrogen and oxygen atoms in total. The molecule has 0 fully saturated rings. The van der Waals surface area contributed by atoms with Crippen LogP contribution in [0.3, 0.4) is 0 Å². The third kappa shape index (κ3) is 4.11. The Morgan fingerprint density at radius 3 is 2.08 bits per heavy atom. The number of rotatable bonds is 8. The molecule has 0 saturated carbocycles. The summed E-state index contributed by atoms with van der Waals surface area (Å²) in [5.41, 5.74) is 8.46. The molecule has 0 amide bonds. The summed E-state index contributed by atoms with van der Waals surface area (Å²) in [4.78, 5) is 0. The van der Waals surface area contributed by atoms with E-state index in [9.17, 15) is 0 Å². The van der Waals surface area contributed by atoms with Crippen molar-refractivity contribution in [1.29, 1.82) is 0 Å². The molecule has 130 valence electrons. The third-order valence-electron chi connectivity index (χ3n) is 3.99. The molecular formula is C19H25NO4. The summed E-state index contributed by atoms with van der Waals surface area (Å²) in [6, 6.07) is 11.7. The van der Waals surface area contributed by atoms with Gasteiger partial charge in [-0.25, -0.2) is 0 Å². The van der Waals surface area contributed by atoms with Crippen molar-refractivity contribution < 1.29 is 18.9 Å². The monoisotopic (exact) mass is 331 g/mol. The highest BCUT2D eigenvalue weighted by Gasteiger charge is 2.14. The number of hydrogen-bond donors (Lipinski definition) is 1. The maximum atomic E-state index is 6.32. The summed E-state index contributed by atoms with van der Waals surface area (Å²) in [5, 5.41) is 0. The molecule has 0 aliphatic carbocycles. The van der Waals surface area contributed by atoms with Crippen LogP contribution in [0.15, 0.2) is 36.4 Å². The summed E-state index contributed by atoms with van der Waals surface area (Å²) >= 11 is 0. The van der Waals surface area contributed by atoms with Crippen LogP contribution < -0.4 is 24.7 Å². The van der Waals surface area contributed by atoms with E-state index in [0.717, 1.165) is 29.7 Å².